The zero-order valence-electron chi connectivity index (χ0n) is 11.7. The van der Waals surface area contributed by atoms with Crippen LogP contribution in [0.4, 0.5) is 0 Å². The third-order valence-electron chi connectivity index (χ3n) is 4.53. The van der Waals surface area contributed by atoms with Gasteiger partial charge in [0.05, 0.1) is 16.9 Å². The highest BCUT2D eigenvalue weighted by molar-refractivity contribution is 7.91. The second kappa shape index (κ2) is 5.79. The van der Waals surface area contributed by atoms with E-state index in [2.05, 4.69) is 12.2 Å². The zero-order valence-corrected chi connectivity index (χ0v) is 12.5. The first-order valence-electron chi connectivity index (χ1n) is 7.20. The normalized spacial score (nSPS) is 26.7. The lowest BCUT2D eigenvalue weighted by Crippen LogP contribution is -2.49. The van der Waals surface area contributed by atoms with Crippen LogP contribution < -0.4 is 5.32 Å². The van der Waals surface area contributed by atoms with Crippen LogP contribution in [-0.4, -0.2) is 56.9 Å². The molecule has 2 rings (SSSR count). The maximum Gasteiger partial charge on any atom is 0.228 e. The van der Waals surface area contributed by atoms with E-state index in [1.807, 2.05) is 0 Å². The van der Waals surface area contributed by atoms with Gasteiger partial charge in [0.1, 0.15) is 0 Å². The standard InChI is InChI=1S/C13H24N2O3S/c1-2-13(4-6-14-7-5-13)12(16)15-8-3-10-19(17,18)11-9-15/h14H,2-11H2,1H3. The minimum absolute atomic E-state index is 0.122. The van der Waals surface area contributed by atoms with Gasteiger partial charge in [0.15, 0.2) is 9.84 Å². The van der Waals surface area contributed by atoms with E-state index in [0.29, 0.717) is 19.5 Å². The van der Waals surface area contributed by atoms with Crippen LogP contribution in [0.2, 0.25) is 0 Å². The topological polar surface area (TPSA) is 66.5 Å². The molecule has 0 spiro atoms. The molecule has 1 N–H and O–H groups in total. The molecule has 5 nitrogen and oxygen atoms in total. The number of nitrogens with one attached hydrogen (secondary N) is 1. The third kappa shape index (κ3) is 3.28. The van der Waals surface area contributed by atoms with E-state index in [9.17, 15) is 13.2 Å². The number of hydrogen-bond donors (Lipinski definition) is 1. The summed E-state index contributed by atoms with van der Waals surface area (Å²) in [5.41, 5.74) is -0.265. The Morgan fingerprint density at radius 3 is 2.53 bits per heavy atom. The van der Waals surface area contributed by atoms with Gasteiger partial charge in [0.25, 0.3) is 0 Å². The molecule has 0 unspecified atom stereocenters. The molecule has 6 heteroatoms. The van der Waals surface area contributed by atoms with Crippen LogP contribution in [0.1, 0.15) is 32.6 Å². The quantitative estimate of drug-likeness (QED) is 0.799. The van der Waals surface area contributed by atoms with Gasteiger partial charge in [-0.1, -0.05) is 6.92 Å². The molecule has 0 aromatic heterocycles. The summed E-state index contributed by atoms with van der Waals surface area (Å²) in [6, 6.07) is 0. The summed E-state index contributed by atoms with van der Waals surface area (Å²) >= 11 is 0. The fourth-order valence-corrected chi connectivity index (χ4v) is 4.37. The molecule has 0 saturated carbocycles. The van der Waals surface area contributed by atoms with Gasteiger partial charge in [-0.2, -0.15) is 0 Å². The van der Waals surface area contributed by atoms with Crippen molar-refractivity contribution in [2.45, 2.75) is 32.6 Å². The van der Waals surface area contributed by atoms with Crippen molar-refractivity contribution >= 4 is 15.7 Å². The highest BCUT2D eigenvalue weighted by atomic mass is 32.2. The number of rotatable bonds is 2. The summed E-state index contributed by atoms with van der Waals surface area (Å²) < 4.78 is 23.2. The van der Waals surface area contributed by atoms with Gasteiger partial charge in [-0.25, -0.2) is 8.42 Å². The second-order valence-electron chi connectivity index (χ2n) is 5.68. The van der Waals surface area contributed by atoms with E-state index in [-0.39, 0.29) is 22.8 Å². The number of amides is 1. The monoisotopic (exact) mass is 288 g/mol. The summed E-state index contributed by atoms with van der Waals surface area (Å²) in [6.07, 6.45) is 3.15. The lowest BCUT2D eigenvalue weighted by Gasteiger charge is -2.39. The molecule has 110 valence electrons. The maximum absolute atomic E-state index is 12.8. The fourth-order valence-electron chi connectivity index (χ4n) is 3.10. The Hall–Kier alpha value is -0.620. The summed E-state index contributed by atoms with van der Waals surface area (Å²) in [6.45, 7) is 4.79. The molecular weight excluding hydrogens is 264 g/mol. The van der Waals surface area contributed by atoms with Crippen molar-refractivity contribution in [2.75, 3.05) is 37.7 Å². The predicted octanol–water partition coefficient (Wildman–Crippen LogP) is 0.413. The van der Waals surface area contributed by atoms with E-state index in [0.717, 1.165) is 32.4 Å². The molecule has 0 atom stereocenters. The molecule has 2 fully saturated rings. The molecule has 0 aliphatic carbocycles. The summed E-state index contributed by atoms with van der Waals surface area (Å²) in [4.78, 5) is 14.6. The Balaban J connectivity index is 2.09. The highest BCUT2D eigenvalue weighted by Crippen LogP contribution is 2.35. The van der Waals surface area contributed by atoms with Gasteiger partial charge in [-0.15, -0.1) is 0 Å². The first-order valence-corrected chi connectivity index (χ1v) is 9.02. The van der Waals surface area contributed by atoms with E-state index in [1.165, 1.54) is 0 Å². The molecule has 0 aromatic carbocycles. The Kier molecular flexibility index (Phi) is 4.50. The van der Waals surface area contributed by atoms with Gasteiger partial charge in [0, 0.05) is 13.1 Å². The lowest BCUT2D eigenvalue weighted by molar-refractivity contribution is -0.143. The third-order valence-corrected chi connectivity index (χ3v) is 6.25. The van der Waals surface area contributed by atoms with Crippen molar-refractivity contribution in [2.24, 2.45) is 5.41 Å². The zero-order chi connectivity index (χ0) is 13.9. The molecule has 2 aliphatic rings. The van der Waals surface area contributed by atoms with Gasteiger partial charge in [0.2, 0.25) is 5.91 Å². The molecule has 1 amide bonds. The number of piperidine rings is 1. The van der Waals surface area contributed by atoms with Crippen molar-refractivity contribution in [1.82, 2.24) is 10.2 Å². The smallest absolute Gasteiger partial charge is 0.228 e. The number of carbonyl (C=O) groups is 1. The summed E-state index contributed by atoms with van der Waals surface area (Å²) in [5.74, 6) is 0.516. The average Bonchev–Trinajstić information content (AvgIpc) is 2.59. The summed E-state index contributed by atoms with van der Waals surface area (Å²) in [5, 5.41) is 3.29. The number of nitrogens with zero attached hydrogens (tertiary/aromatic N) is 1. The van der Waals surface area contributed by atoms with Gasteiger partial charge in [-0.05, 0) is 38.8 Å². The Morgan fingerprint density at radius 1 is 1.21 bits per heavy atom. The fraction of sp³-hybridized carbons (Fsp3) is 0.923. The van der Waals surface area contributed by atoms with Crippen LogP contribution in [0.25, 0.3) is 0 Å². The van der Waals surface area contributed by atoms with E-state index in [1.54, 1.807) is 4.90 Å². The van der Waals surface area contributed by atoms with Crippen LogP contribution in [0.3, 0.4) is 0 Å². The minimum atomic E-state index is -2.95. The molecule has 0 aromatic rings. The van der Waals surface area contributed by atoms with Crippen LogP contribution >= 0.6 is 0 Å². The molecule has 0 bridgehead atoms. The minimum Gasteiger partial charge on any atom is -0.341 e. The SMILES string of the molecule is CCC1(C(=O)N2CCCS(=O)(=O)CC2)CCNCC1. The highest BCUT2D eigenvalue weighted by Gasteiger charge is 2.40. The van der Waals surface area contributed by atoms with Crippen molar-refractivity contribution in [3.8, 4) is 0 Å². The predicted molar refractivity (Wildman–Crippen MR) is 74.7 cm³/mol. The maximum atomic E-state index is 12.8. The first kappa shape index (κ1) is 14.8. The van der Waals surface area contributed by atoms with Crippen LogP contribution in [0, 0.1) is 5.41 Å². The summed E-state index contributed by atoms with van der Waals surface area (Å²) in [7, 11) is -2.95. The van der Waals surface area contributed by atoms with E-state index >= 15 is 0 Å². The van der Waals surface area contributed by atoms with Gasteiger partial charge in [-0.3, -0.25) is 4.79 Å². The Morgan fingerprint density at radius 2 is 1.89 bits per heavy atom. The molecule has 2 heterocycles. The second-order valence-corrected chi connectivity index (χ2v) is 7.99. The Labute approximate surface area is 115 Å². The number of carbonyl (C=O) groups excluding carboxylic acids is 1. The van der Waals surface area contributed by atoms with Crippen molar-refractivity contribution < 1.29 is 13.2 Å². The van der Waals surface area contributed by atoms with Crippen molar-refractivity contribution in [3.05, 3.63) is 0 Å². The van der Waals surface area contributed by atoms with Crippen molar-refractivity contribution in [1.29, 1.82) is 0 Å². The van der Waals surface area contributed by atoms with Gasteiger partial charge < -0.3 is 10.2 Å². The first-order chi connectivity index (χ1) is 8.99. The van der Waals surface area contributed by atoms with Crippen LogP contribution in [0.15, 0.2) is 0 Å². The molecular formula is C13H24N2O3S. The molecule has 0 radical (unpaired) electrons. The van der Waals surface area contributed by atoms with E-state index < -0.39 is 9.84 Å². The van der Waals surface area contributed by atoms with E-state index in [4.69, 9.17) is 0 Å². The van der Waals surface area contributed by atoms with Gasteiger partial charge >= 0.3 is 0 Å². The molecule has 2 saturated heterocycles. The molecule has 19 heavy (non-hydrogen) atoms. The van der Waals surface area contributed by atoms with Crippen molar-refractivity contribution in [3.63, 3.8) is 0 Å². The average molecular weight is 288 g/mol. The van der Waals surface area contributed by atoms with Crippen LogP contribution in [-0.2, 0) is 14.6 Å². The lowest BCUT2D eigenvalue weighted by atomic mass is 9.75. The number of sulfone groups is 1. The largest absolute Gasteiger partial charge is 0.341 e. The Bertz CT molecular complexity index is 427. The molecule has 2 aliphatic heterocycles. The van der Waals surface area contributed by atoms with Crippen LogP contribution in [0.5, 0.6) is 0 Å². The number of hydrogen-bond acceptors (Lipinski definition) is 4.